The SMILES string of the molecule is COSNc1ccc(-c2ccc(OC)cc2)cc1-c1ccccc1OC. The molecule has 3 rings (SSSR count). The highest BCUT2D eigenvalue weighted by molar-refractivity contribution is 7.96. The van der Waals surface area contributed by atoms with Crippen LogP contribution in [0.2, 0.25) is 0 Å². The van der Waals surface area contributed by atoms with Crippen molar-refractivity contribution in [3.05, 3.63) is 66.7 Å². The molecule has 0 unspecified atom stereocenters. The fraction of sp³-hybridized carbons (Fsp3) is 0.143. The number of rotatable bonds is 7. The lowest BCUT2D eigenvalue weighted by atomic mass is 9.97. The van der Waals surface area contributed by atoms with Crippen molar-refractivity contribution >= 4 is 17.9 Å². The lowest BCUT2D eigenvalue weighted by Crippen LogP contribution is -1.94. The molecule has 0 amide bonds. The van der Waals surface area contributed by atoms with E-state index in [1.54, 1.807) is 21.3 Å². The van der Waals surface area contributed by atoms with Crippen LogP contribution in [-0.4, -0.2) is 21.3 Å². The Bertz CT molecular complexity index is 865. The summed E-state index contributed by atoms with van der Waals surface area (Å²) < 4.78 is 19.1. The van der Waals surface area contributed by atoms with Gasteiger partial charge in [0.25, 0.3) is 0 Å². The second-order valence-electron chi connectivity index (χ2n) is 5.54. The van der Waals surface area contributed by atoms with Crippen molar-refractivity contribution < 1.29 is 13.7 Å². The molecule has 134 valence electrons. The molecule has 1 N–H and O–H groups in total. The van der Waals surface area contributed by atoms with Crippen LogP contribution in [0, 0.1) is 0 Å². The van der Waals surface area contributed by atoms with E-state index in [2.05, 4.69) is 35.1 Å². The molecular weight excluding hydrogens is 346 g/mol. The molecule has 0 radical (unpaired) electrons. The number of ether oxygens (including phenoxy) is 2. The van der Waals surface area contributed by atoms with E-state index < -0.39 is 0 Å². The molecule has 3 aromatic carbocycles. The largest absolute Gasteiger partial charge is 0.497 e. The van der Waals surface area contributed by atoms with E-state index >= 15 is 0 Å². The van der Waals surface area contributed by atoms with Gasteiger partial charge in [-0.3, -0.25) is 0 Å². The van der Waals surface area contributed by atoms with E-state index in [-0.39, 0.29) is 0 Å². The van der Waals surface area contributed by atoms with Gasteiger partial charge in [0.05, 0.1) is 27.0 Å². The molecule has 26 heavy (non-hydrogen) atoms. The molecule has 0 aliphatic rings. The van der Waals surface area contributed by atoms with Gasteiger partial charge in [0.1, 0.15) is 23.7 Å². The fourth-order valence-electron chi connectivity index (χ4n) is 2.77. The second kappa shape index (κ2) is 8.65. The molecule has 0 atom stereocenters. The molecule has 0 spiro atoms. The minimum atomic E-state index is 0.824. The first-order valence-electron chi connectivity index (χ1n) is 8.14. The first kappa shape index (κ1) is 18.2. The summed E-state index contributed by atoms with van der Waals surface area (Å²) in [6.45, 7) is 0. The average molecular weight is 367 g/mol. The predicted octanol–water partition coefficient (Wildman–Crippen LogP) is 5.66. The first-order chi connectivity index (χ1) is 12.8. The highest BCUT2D eigenvalue weighted by Gasteiger charge is 2.12. The van der Waals surface area contributed by atoms with Crippen LogP contribution in [0.3, 0.4) is 0 Å². The lowest BCUT2D eigenvalue weighted by Gasteiger charge is -2.15. The van der Waals surface area contributed by atoms with E-state index in [0.717, 1.165) is 39.4 Å². The van der Waals surface area contributed by atoms with E-state index in [0.29, 0.717) is 0 Å². The van der Waals surface area contributed by atoms with Crippen molar-refractivity contribution in [3.63, 3.8) is 0 Å². The van der Waals surface area contributed by atoms with Crippen LogP contribution in [0.4, 0.5) is 5.69 Å². The molecule has 0 aliphatic heterocycles. The second-order valence-corrected chi connectivity index (χ2v) is 6.25. The van der Waals surface area contributed by atoms with Gasteiger partial charge in [-0.1, -0.05) is 36.4 Å². The summed E-state index contributed by atoms with van der Waals surface area (Å²) in [4.78, 5) is 0. The minimum Gasteiger partial charge on any atom is -0.497 e. The third-order valence-corrected chi connectivity index (χ3v) is 4.54. The van der Waals surface area contributed by atoms with Gasteiger partial charge in [-0.2, -0.15) is 0 Å². The number of nitrogens with one attached hydrogen (secondary N) is 1. The number of hydrogen-bond donors (Lipinski definition) is 1. The zero-order valence-electron chi connectivity index (χ0n) is 15.0. The molecule has 0 heterocycles. The zero-order valence-corrected chi connectivity index (χ0v) is 15.8. The van der Waals surface area contributed by atoms with Crippen molar-refractivity contribution in [3.8, 4) is 33.8 Å². The summed E-state index contributed by atoms with van der Waals surface area (Å²) in [6.07, 6.45) is 0. The Morgan fingerprint density at radius 2 is 1.46 bits per heavy atom. The normalized spacial score (nSPS) is 10.4. The van der Waals surface area contributed by atoms with Gasteiger partial charge in [0.15, 0.2) is 0 Å². The third-order valence-electron chi connectivity index (χ3n) is 4.08. The quantitative estimate of drug-likeness (QED) is 0.431. The molecule has 0 aromatic heterocycles. The number of benzene rings is 3. The third kappa shape index (κ3) is 3.95. The molecular formula is C21H21NO3S. The lowest BCUT2D eigenvalue weighted by molar-refractivity contribution is 0.415. The average Bonchev–Trinajstić information content (AvgIpc) is 2.72. The topological polar surface area (TPSA) is 39.7 Å². The molecule has 5 heteroatoms. The Morgan fingerprint density at radius 3 is 2.15 bits per heavy atom. The molecule has 3 aromatic rings. The standard InChI is InChI=1S/C21H21NO3S/c1-23-17-11-8-15(9-12-17)16-10-13-20(22-26-25-3)19(14-16)18-6-4-5-7-21(18)24-2/h4-14,22H,1-3H3. The van der Waals surface area contributed by atoms with Crippen LogP contribution in [0.5, 0.6) is 11.5 Å². The molecule has 0 saturated heterocycles. The van der Waals surface area contributed by atoms with Crippen molar-refractivity contribution in [2.24, 2.45) is 0 Å². The van der Waals surface area contributed by atoms with E-state index in [1.807, 2.05) is 36.4 Å². The van der Waals surface area contributed by atoms with E-state index in [1.165, 1.54) is 12.2 Å². The van der Waals surface area contributed by atoms with Gasteiger partial charge >= 0.3 is 0 Å². The summed E-state index contributed by atoms with van der Waals surface area (Å²) in [6, 6.07) is 22.3. The Labute approximate surface area is 158 Å². The zero-order chi connectivity index (χ0) is 18.4. The minimum absolute atomic E-state index is 0.824. The van der Waals surface area contributed by atoms with Crippen molar-refractivity contribution in [2.75, 3.05) is 26.1 Å². The highest BCUT2D eigenvalue weighted by atomic mass is 32.2. The van der Waals surface area contributed by atoms with Crippen LogP contribution in [-0.2, 0) is 4.18 Å². The van der Waals surface area contributed by atoms with Crippen LogP contribution in [0.1, 0.15) is 0 Å². The van der Waals surface area contributed by atoms with Gasteiger partial charge in [-0.25, -0.2) is 0 Å². The maximum absolute atomic E-state index is 5.55. The fourth-order valence-corrected chi connectivity index (χ4v) is 3.12. The van der Waals surface area contributed by atoms with E-state index in [4.69, 9.17) is 13.7 Å². The monoisotopic (exact) mass is 367 g/mol. The van der Waals surface area contributed by atoms with Gasteiger partial charge in [-0.15, -0.1) is 0 Å². The molecule has 4 nitrogen and oxygen atoms in total. The highest BCUT2D eigenvalue weighted by Crippen LogP contribution is 2.38. The Morgan fingerprint density at radius 1 is 0.731 bits per heavy atom. The Kier molecular flexibility index (Phi) is 6.04. The molecule has 0 bridgehead atoms. The van der Waals surface area contributed by atoms with Crippen LogP contribution in [0.15, 0.2) is 66.7 Å². The first-order valence-corrected chi connectivity index (χ1v) is 8.88. The predicted molar refractivity (Wildman–Crippen MR) is 109 cm³/mol. The van der Waals surface area contributed by atoms with Gasteiger partial charge in [0.2, 0.25) is 0 Å². The van der Waals surface area contributed by atoms with Crippen molar-refractivity contribution in [1.29, 1.82) is 0 Å². The molecule has 0 saturated carbocycles. The number of hydrogen-bond acceptors (Lipinski definition) is 5. The van der Waals surface area contributed by atoms with Gasteiger partial charge in [0, 0.05) is 11.1 Å². The van der Waals surface area contributed by atoms with Crippen molar-refractivity contribution in [1.82, 2.24) is 0 Å². The van der Waals surface area contributed by atoms with Crippen molar-refractivity contribution in [2.45, 2.75) is 0 Å². The number of methoxy groups -OCH3 is 2. The van der Waals surface area contributed by atoms with E-state index in [9.17, 15) is 0 Å². The number of anilines is 1. The van der Waals surface area contributed by atoms with Gasteiger partial charge in [-0.05, 0) is 41.5 Å². The Balaban J connectivity index is 2.09. The summed E-state index contributed by atoms with van der Waals surface area (Å²) >= 11 is 1.18. The summed E-state index contributed by atoms with van der Waals surface area (Å²) in [5.74, 6) is 1.67. The van der Waals surface area contributed by atoms with Gasteiger partial charge < -0.3 is 18.4 Å². The maximum atomic E-state index is 5.55. The summed E-state index contributed by atoms with van der Waals surface area (Å²) in [5.41, 5.74) is 5.25. The van der Waals surface area contributed by atoms with Crippen LogP contribution in [0.25, 0.3) is 22.3 Å². The maximum Gasteiger partial charge on any atom is 0.126 e. The molecule has 0 aliphatic carbocycles. The van der Waals surface area contributed by atoms with Crippen LogP contribution >= 0.6 is 12.2 Å². The molecule has 0 fully saturated rings. The summed E-state index contributed by atoms with van der Waals surface area (Å²) in [5, 5.41) is 0. The smallest absolute Gasteiger partial charge is 0.126 e. The number of para-hydroxylation sites is 1. The van der Waals surface area contributed by atoms with Crippen LogP contribution < -0.4 is 14.2 Å². The Hall–Kier alpha value is -2.63. The summed E-state index contributed by atoms with van der Waals surface area (Å²) in [7, 11) is 4.98.